The van der Waals surface area contributed by atoms with Gasteiger partial charge in [-0.1, -0.05) is 29.8 Å². The molecular formula is C16H14OS. The molecule has 1 heterocycles. The number of ketones is 1. The second-order valence-electron chi connectivity index (χ2n) is 4.73. The van der Waals surface area contributed by atoms with Gasteiger partial charge in [0.15, 0.2) is 5.78 Å². The second kappa shape index (κ2) is 4.29. The maximum atomic E-state index is 12.6. The zero-order valence-electron chi connectivity index (χ0n) is 10.5. The Hall–Kier alpha value is -1.54. The molecule has 18 heavy (non-hydrogen) atoms. The molecule has 0 saturated heterocycles. The van der Waals surface area contributed by atoms with Gasteiger partial charge in [0.1, 0.15) is 0 Å². The molecule has 0 aromatic heterocycles. The Morgan fingerprint density at radius 2 is 1.89 bits per heavy atom. The van der Waals surface area contributed by atoms with Gasteiger partial charge in [-0.25, -0.2) is 0 Å². The molecule has 2 aromatic carbocycles. The molecule has 0 radical (unpaired) electrons. The van der Waals surface area contributed by atoms with Gasteiger partial charge < -0.3 is 0 Å². The van der Waals surface area contributed by atoms with Gasteiger partial charge in [0.25, 0.3) is 0 Å². The molecule has 2 heteroatoms. The molecule has 1 aliphatic rings. The molecule has 0 atom stereocenters. The Morgan fingerprint density at radius 3 is 2.72 bits per heavy atom. The average molecular weight is 254 g/mol. The predicted octanol–water partition coefficient (Wildman–Crippen LogP) is 4.14. The Balaban J connectivity index is 2.25. The van der Waals surface area contributed by atoms with E-state index >= 15 is 0 Å². The van der Waals surface area contributed by atoms with Crippen molar-refractivity contribution in [3.8, 4) is 0 Å². The van der Waals surface area contributed by atoms with E-state index in [0.29, 0.717) is 0 Å². The third-order valence-corrected chi connectivity index (χ3v) is 4.43. The molecule has 0 N–H and O–H groups in total. The molecule has 0 aliphatic carbocycles. The summed E-state index contributed by atoms with van der Waals surface area (Å²) in [7, 11) is 0. The standard InChI is InChI=1S/C16H14OS/c1-10-7-11(2)15-12(8-10)9-18-14-6-4-3-5-13(14)16(15)17/h3-8H,9H2,1-2H3. The smallest absolute Gasteiger partial charge is 0.194 e. The lowest BCUT2D eigenvalue weighted by molar-refractivity contribution is 0.103. The zero-order valence-corrected chi connectivity index (χ0v) is 11.3. The van der Waals surface area contributed by atoms with Crippen LogP contribution in [0.15, 0.2) is 41.3 Å². The Morgan fingerprint density at radius 1 is 1.11 bits per heavy atom. The molecule has 0 bridgehead atoms. The van der Waals surface area contributed by atoms with E-state index in [1.807, 2.05) is 31.2 Å². The molecule has 1 aliphatic heterocycles. The van der Waals surface area contributed by atoms with Crippen molar-refractivity contribution in [3.63, 3.8) is 0 Å². The minimum absolute atomic E-state index is 0.170. The van der Waals surface area contributed by atoms with Gasteiger partial charge in [-0.2, -0.15) is 0 Å². The van der Waals surface area contributed by atoms with Crippen molar-refractivity contribution in [2.45, 2.75) is 24.5 Å². The van der Waals surface area contributed by atoms with Gasteiger partial charge in [0.2, 0.25) is 0 Å². The third-order valence-electron chi connectivity index (χ3n) is 3.30. The second-order valence-corrected chi connectivity index (χ2v) is 5.75. The van der Waals surface area contributed by atoms with Crippen LogP contribution in [0.1, 0.15) is 32.6 Å². The van der Waals surface area contributed by atoms with E-state index in [9.17, 15) is 4.79 Å². The van der Waals surface area contributed by atoms with Crippen LogP contribution in [0.5, 0.6) is 0 Å². The summed E-state index contributed by atoms with van der Waals surface area (Å²) in [4.78, 5) is 13.7. The van der Waals surface area contributed by atoms with Gasteiger partial charge >= 0.3 is 0 Å². The molecular weight excluding hydrogens is 240 g/mol. The maximum absolute atomic E-state index is 12.6. The first-order chi connectivity index (χ1) is 8.66. The predicted molar refractivity (Wildman–Crippen MR) is 75.4 cm³/mol. The number of aryl methyl sites for hydroxylation is 2. The molecule has 0 unspecified atom stereocenters. The van der Waals surface area contributed by atoms with Crippen LogP contribution < -0.4 is 0 Å². The van der Waals surface area contributed by atoms with Crippen molar-refractivity contribution in [2.75, 3.05) is 0 Å². The summed E-state index contributed by atoms with van der Waals surface area (Å²) in [5, 5.41) is 0. The fourth-order valence-electron chi connectivity index (χ4n) is 2.56. The number of hydrogen-bond acceptors (Lipinski definition) is 2. The summed E-state index contributed by atoms with van der Waals surface area (Å²) in [6.45, 7) is 4.11. The maximum Gasteiger partial charge on any atom is 0.194 e. The number of carbonyl (C=O) groups excluding carboxylic acids is 1. The van der Waals surface area contributed by atoms with Crippen LogP contribution in [0.2, 0.25) is 0 Å². The van der Waals surface area contributed by atoms with Crippen LogP contribution in [0.25, 0.3) is 0 Å². The molecule has 3 rings (SSSR count). The first-order valence-electron chi connectivity index (χ1n) is 6.03. The minimum Gasteiger partial charge on any atom is -0.289 e. The summed E-state index contributed by atoms with van der Waals surface area (Å²) < 4.78 is 0. The van der Waals surface area contributed by atoms with Crippen molar-refractivity contribution in [2.24, 2.45) is 0 Å². The third kappa shape index (κ3) is 1.77. The topological polar surface area (TPSA) is 17.1 Å². The minimum atomic E-state index is 0.170. The quantitative estimate of drug-likeness (QED) is 0.703. The molecule has 90 valence electrons. The Labute approximate surface area is 111 Å². The molecule has 0 spiro atoms. The summed E-state index contributed by atoms with van der Waals surface area (Å²) in [6.07, 6.45) is 0. The zero-order chi connectivity index (χ0) is 12.7. The van der Waals surface area contributed by atoms with Crippen LogP contribution >= 0.6 is 11.8 Å². The van der Waals surface area contributed by atoms with Crippen LogP contribution in [0, 0.1) is 13.8 Å². The van der Waals surface area contributed by atoms with Crippen LogP contribution in [0.4, 0.5) is 0 Å². The van der Waals surface area contributed by atoms with Gasteiger partial charge in [0, 0.05) is 21.8 Å². The van der Waals surface area contributed by atoms with Crippen molar-refractivity contribution in [1.29, 1.82) is 0 Å². The largest absolute Gasteiger partial charge is 0.289 e. The lowest BCUT2D eigenvalue weighted by atomic mass is 9.93. The van der Waals surface area contributed by atoms with Gasteiger partial charge in [-0.3, -0.25) is 4.79 Å². The van der Waals surface area contributed by atoms with E-state index in [-0.39, 0.29) is 5.78 Å². The summed E-state index contributed by atoms with van der Waals surface area (Å²) in [5.41, 5.74) is 5.22. The normalized spacial score (nSPS) is 13.8. The lowest BCUT2D eigenvalue weighted by Crippen LogP contribution is -2.06. The number of carbonyl (C=O) groups is 1. The van der Waals surface area contributed by atoms with Crippen LogP contribution in [-0.2, 0) is 5.75 Å². The molecule has 0 amide bonds. The summed E-state index contributed by atoms with van der Waals surface area (Å²) in [6, 6.07) is 12.1. The van der Waals surface area contributed by atoms with Gasteiger partial charge in [-0.15, -0.1) is 11.8 Å². The van der Waals surface area contributed by atoms with Gasteiger partial charge in [0.05, 0.1) is 0 Å². The Bertz CT molecular complexity index is 644. The van der Waals surface area contributed by atoms with E-state index < -0.39 is 0 Å². The number of benzene rings is 2. The van der Waals surface area contributed by atoms with E-state index in [4.69, 9.17) is 0 Å². The number of hydrogen-bond donors (Lipinski definition) is 0. The molecule has 0 saturated carbocycles. The number of thioether (sulfide) groups is 1. The Kier molecular flexibility index (Phi) is 2.75. The fourth-order valence-corrected chi connectivity index (χ4v) is 3.59. The van der Waals surface area contributed by atoms with Crippen molar-refractivity contribution >= 4 is 17.5 Å². The monoisotopic (exact) mass is 254 g/mol. The lowest BCUT2D eigenvalue weighted by Gasteiger charge is -2.09. The summed E-state index contributed by atoms with van der Waals surface area (Å²) in [5.74, 6) is 1.05. The summed E-state index contributed by atoms with van der Waals surface area (Å²) >= 11 is 1.75. The van der Waals surface area contributed by atoms with Gasteiger partial charge in [-0.05, 0) is 37.1 Å². The van der Waals surface area contributed by atoms with Crippen LogP contribution in [-0.4, -0.2) is 5.78 Å². The SMILES string of the molecule is Cc1cc(C)c2c(c1)CSc1ccccc1C2=O. The molecule has 1 nitrogen and oxygen atoms in total. The first kappa shape index (κ1) is 11.5. The van der Waals surface area contributed by atoms with E-state index in [1.54, 1.807) is 11.8 Å². The number of rotatable bonds is 0. The highest BCUT2D eigenvalue weighted by molar-refractivity contribution is 7.98. The molecule has 0 fully saturated rings. The van der Waals surface area contributed by atoms with Crippen LogP contribution in [0.3, 0.4) is 0 Å². The highest BCUT2D eigenvalue weighted by Crippen LogP contribution is 2.35. The van der Waals surface area contributed by atoms with Crippen molar-refractivity contribution < 1.29 is 4.79 Å². The highest BCUT2D eigenvalue weighted by atomic mass is 32.2. The first-order valence-corrected chi connectivity index (χ1v) is 7.02. The van der Waals surface area contributed by atoms with E-state index in [0.717, 1.165) is 27.3 Å². The van der Waals surface area contributed by atoms with E-state index in [1.165, 1.54) is 11.1 Å². The average Bonchev–Trinajstić information content (AvgIpc) is 2.48. The van der Waals surface area contributed by atoms with E-state index in [2.05, 4.69) is 19.1 Å². The van der Waals surface area contributed by atoms with Crippen molar-refractivity contribution in [1.82, 2.24) is 0 Å². The van der Waals surface area contributed by atoms with Crippen molar-refractivity contribution in [3.05, 3.63) is 64.2 Å². The highest BCUT2D eigenvalue weighted by Gasteiger charge is 2.22. The fraction of sp³-hybridized carbons (Fsp3) is 0.188. The molecule has 2 aromatic rings. The number of fused-ring (bicyclic) bond motifs is 2.